The van der Waals surface area contributed by atoms with Crippen LogP contribution in [-0.2, 0) is 0 Å². The Labute approximate surface area is 91.0 Å². The van der Waals surface area contributed by atoms with Gasteiger partial charge in [-0.05, 0) is 44.0 Å². The Hall–Kier alpha value is -0.690. The molecule has 2 heteroatoms. The van der Waals surface area contributed by atoms with Crippen LogP contribution in [0.25, 0.3) is 0 Å². The highest BCUT2D eigenvalue weighted by Gasteiger charge is 2.06. The van der Waals surface area contributed by atoms with Crippen molar-refractivity contribution < 1.29 is 4.74 Å². The highest BCUT2D eigenvalue weighted by Crippen LogP contribution is 2.18. The average Bonchev–Trinajstić information content (AvgIpc) is 2.20. The van der Waals surface area contributed by atoms with Crippen LogP contribution in [0.5, 0.6) is 5.75 Å². The van der Waals surface area contributed by atoms with Crippen LogP contribution in [0.3, 0.4) is 0 Å². The molecule has 0 aromatic heterocycles. The lowest BCUT2D eigenvalue weighted by molar-refractivity contribution is 0.192. The Morgan fingerprint density at radius 3 is 2.50 bits per heavy atom. The first-order valence-electron chi connectivity index (χ1n) is 4.97. The average molecular weight is 212 g/mol. The van der Waals surface area contributed by atoms with Crippen LogP contribution in [0.15, 0.2) is 24.3 Å². The van der Waals surface area contributed by atoms with Gasteiger partial charge in [-0.15, -0.1) is 0 Å². The van der Waals surface area contributed by atoms with Crippen LogP contribution in [0, 0.1) is 6.92 Å². The number of benzene rings is 1. The van der Waals surface area contributed by atoms with Gasteiger partial charge in [0.2, 0.25) is 0 Å². The van der Waals surface area contributed by atoms with Crippen molar-refractivity contribution in [2.24, 2.45) is 0 Å². The van der Waals surface area contributed by atoms with Crippen molar-refractivity contribution in [3.8, 4) is 5.75 Å². The Morgan fingerprint density at radius 1 is 1.36 bits per heavy atom. The number of rotatable bonds is 5. The van der Waals surface area contributed by atoms with Gasteiger partial charge in [0.1, 0.15) is 5.75 Å². The summed E-state index contributed by atoms with van der Waals surface area (Å²) in [5, 5.41) is 0.735. The summed E-state index contributed by atoms with van der Waals surface area (Å²) in [7, 11) is 0. The maximum absolute atomic E-state index is 5.78. The highest BCUT2D eigenvalue weighted by molar-refractivity contribution is 6.30. The first-order valence-corrected chi connectivity index (χ1v) is 5.35. The van der Waals surface area contributed by atoms with Crippen molar-refractivity contribution in [1.29, 1.82) is 0 Å². The van der Waals surface area contributed by atoms with Gasteiger partial charge in [0, 0.05) is 5.02 Å². The van der Waals surface area contributed by atoms with Crippen LogP contribution in [0.4, 0.5) is 0 Å². The molecule has 1 aromatic carbocycles. The Balaban J connectivity index is 2.53. The van der Waals surface area contributed by atoms with Crippen molar-refractivity contribution in [1.82, 2.24) is 0 Å². The Bertz CT molecular complexity index is 256. The lowest BCUT2D eigenvalue weighted by atomic mass is 10.1. The van der Waals surface area contributed by atoms with Crippen LogP contribution in [-0.4, -0.2) is 6.10 Å². The van der Waals surface area contributed by atoms with Crippen molar-refractivity contribution >= 4 is 11.6 Å². The van der Waals surface area contributed by atoms with Gasteiger partial charge < -0.3 is 4.74 Å². The molecule has 0 spiro atoms. The molecule has 0 saturated heterocycles. The van der Waals surface area contributed by atoms with E-state index in [1.807, 2.05) is 24.3 Å². The highest BCUT2D eigenvalue weighted by atomic mass is 35.5. The summed E-state index contributed by atoms with van der Waals surface area (Å²) in [6.07, 6.45) is 3.19. The Kier molecular flexibility index (Phi) is 4.81. The molecule has 0 unspecified atom stereocenters. The number of hydrogen-bond acceptors (Lipinski definition) is 1. The molecule has 0 N–H and O–H groups in total. The summed E-state index contributed by atoms with van der Waals surface area (Å²) in [6.45, 7) is 6.01. The minimum absolute atomic E-state index is 0.223. The smallest absolute Gasteiger partial charge is 0.119 e. The van der Waals surface area contributed by atoms with E-state index < -0.39 is 0 Å². The van der Waals surface area contributed by atoms with Crippen molar-refractivity contribution in [2.45, 2.75) is 32.3 Å². The molecule has 14 heavy (non-hydrogen) atoms. The molecule has 0 aliphatic carbocycles. The largest absolute Gasteiger partial charge is 0.490 e. The maximum Gasteiger partial charge on any atom is 0.119 e. The third-order valence-corrected chi connectivity index (χ3v) is 2.30. The lowest BCUT2D eigenvalue weighted by Crippen LogP contribution is -2.14. The second kappa shape index (κ2) is 5.92. The number of hydrogen-bond donors (Lipinski definition) is 0. The molecule has 0 aliphatic rings. The molecule has 0 amide bonds. The van der Waals surface area contributed by atoms with E-state index in [1.54, 1.807) is 0 Å². The zero-order valence-corrected chi connectivity index (χ0v) is 9.26. The molecule has 1 nitrogen and oxygen atoms in total. The minimum atomic E-state index is 0.223. The molecule has 77 valence electrons. The summed E-state index contributed by atoms with van der Waals surface area (Å²) >= 11 is 5.78. The zero-order valence-electron chi connectivity index (χ0n) is 8.50. The summed E-state index contributed by atoms with van der Waals surface area (Å²) in [5.41, 5.74) is 0. The van der Waals surface area contributed by atoms with Crippen LogP contribution in [0.1, 0.15) is 26.2 Å². The molecule has 1 rings (SSSR count). The topological polar surface area (TPSA) is 9.23 Å². The fourth-order valence-corrected chi connectivity index (χ4v) is 1.42. The van der Waals surface area contributed by atoms with Gasteiger partial charge in [-0.25, -0.2) is 0 Å². The second-order valence-electron chi connectivity index (χ2n) is 3.27. The minimum Gasteiger partial charge on any atom is -0.490 e. The van der Waals surface area contributed by atoms with Crippen LogP contribution >= 0.6 is 11.6 Å². The third-order valence-electron chi connectivity index (χ3n) is 2.05. The number of halogens is 1. The van der Waals surface area contributed by atoms with Crippen molar-refractivity contribution in [3.63, 3.8) is 0 Å². The van der Waals surface area contributed by atoms with Crippen molar-refractivity contribution in [2.75, 3.05) is 0 Å². The fourth-order valence-electron chi connectivity index (χ4n) is 1.29. The van der Waals surface area contributed by atoms with Gasteiger partial charge >= 0.3 is 0 Å². The summed E-state index contributed by atoms with van der Waals surface area (Å²) in [5.74, 6) is 0.872. The normalized spacial score (nSPS) is 12.5. The van der Waals surface area contributed by atoms with Crippen molar-refractivity contribution in [3.05, 3.63) is 36.2 Å². The standard InChI is InChI=1S/C12H16ClO/c1-3-5-11(4-2)14-12-8-6-10(13)7-9-12/h6-9,11H,2-5H2,1H3/t11-/m0/s1. The van der Waals surface area contributed by atoms with E-state index in [-0.39, 0.29) is 6.10 Å². The number of ether oxygens (including phenoxy) is 1. The molecule has 0 fully saturated rings. The molecule has 1 radical (unpaired) electrons. The molecule has 0 heterocycles. The van der Waals surface area contributed by atoms with E-state index in [0.29, 0.717) is 0 Å². The molecule has 0 saturated carbocycles. The molecule has 0 aliphatic heterocycles. The van der Waals surface area contributed by atoms with Gasteiger partial charge in [-0.1, -0.05) is 24.9 Å². The van der Waals surface area contributed by atoms with E-state index >= 15 is 0 Å². The molecular weight excluding hydrogens is 196 g/mol. The van der Waals surface area contributed by atoms with Gasteiger partial charge in [0.05, 0.1) is 6.10 Å². The third kappa shape index (κ3) is 3.59. The summed E-state index contributed by atoms with van der Waals surface area (Å²) in [4.78, 5) is 0. The maximum atomic E-state index is 5.78. The Morgan fingerprint density at radius 2 is 2.00 bits per heavy atom. The van der Waals surface area contributed by atoms with Crippen LogP contribution in [0.2, 0.25) is 5.02 Å². The zero-order chi connectivity index (χ0) is 10.4. The molecule has 0 bridgehead atoms. The quantitative estimate of drug-likeness (QED) is 0.712. The monoisotopic (exact) mass is 211 g/mol. The first-order chi connectivity index (χ1) is 6.76. The van der Waals surface area contributed by atoms with Gasteiger partial charge in [-0.2, -0.15) is 0 Å². The molecule has 1 aromatic rings. The van der Waals surface area contributed by atoms with E-state index in [1.165, 1.54) is 0 Å². The molecule has 1 atom stereocenters. The van der Waals surface area contributed by atoms with E-state index in [9.17, 15) is 0 Å². The SMILES string of the molecule is [CH2]C[C@@H](CCC)Oc1ccc(Cl)cc1. The summed E-state index contributed by atoms with van der Waals surface area (Å²) in [6, 6.07) is 7.45. The second-order valence-corrected chi connectivity index (χ2v) is 3.71. The lowest BCUT2D eigenvalue weighted by Gasteiger charge is -2.16. The van der Waals surface area contributed by atoms with Crippen LogP contribution < -0.4 is 4.74 Å². The predicted molar refractivity (Wildman–Crippen MR) is 60.8 cm³/mol. The van der Waals surface area contributed by atoms with E-state index in [0.717, 1.165) is 30.0 Å². The van der Waals surface area contributed by atoms with E-state index in [2.05, 4.69) is 13.8 Å². The summed E-state index contributed by atoms with van der Waals surface area (Å²) < 4.78 is 5.74. The predicted octanol–water partition coefficient (Wildman–Crippen LogP) is 4.11. The van der Waals surface area contributed by atoms with E-state index in [4.69, 9.17) is 16.3 Å². The fraction of sp³-hybridized carbons (Fsp3) is 0.417. The van der Waals surface area contributed by atoms with Gasteiger partial charge in [0.25, 0.3) is 0 Å². The first kappa shape index (κ1) is 11.4. The van der Waals surface area contributed by atoms with Gasteiger partial charge in [-0.3, -0.25) is 0 Å². The molecular formula is C12H16ClO. The van der Waals surface area contributed by atoms with Gasteiger partial charge in [0.15, 0.2) is 0 Å².